The molecule has 1 N–H and O–H groups in total. The Morgan fingerprint density at radius 3 is 2.93 bits per heavy atom. The van der Waals surface area contributed by atoms with Crippen molar-refractivity contribution in [1.82, 2.24) is 4.98 Å². The summed E-state index contributed by atoms with van der Waals surface area (Å²) in [5, 5.41) is 15.1. The van der Waals surface area contributed by atoms with Crippen LogP contribution in [0.25, 0.3) is 16.8 Å². The van der Waals surface area contributed by atoms with E-state index in [-0.39, 0.29) is 12.6 Å². The van der Waals surface area contributed by atoms with Crippen molar-refractivity contribution in [2.24, 2.45) is 0 Å². The van der Waals surface area contributed by atoms with Crippen molar-refractivity contribution in [2.45, 2.75) is 6.92 Å². The van der Waals surface area contributed by atoms with E-state index in [1.807, 2.05) is 29.6 Å². The molecule has 28 heavy (non-hydrogen) atoms. The Kier molecular flexibility index (Phi) is 4.79. The highest BCUT2D eigenvalue weighted by molar-refractivity contribution is 7.11. The molecule has 0 atom stereocenters. The lowest BCUT2D eigenvalue weighted by atomic mass is 10.1. The molecular formula is C21H15N3O3S. The number of benzene rings is 2. The first-order valence-electron chi connectivity index (χ1n) is 8.48. The number of hydrogen-bond donors (Lipinski definition) is 1. The molecule has 1 aliphatic rings. The Hall–Kier alpha value is -3.63. The number of rotatable bonds is 5. The average Bonchev–Trinajstić information content (AvgIpc) is 3.38. The van der Waals surface area contributed by atoms with E-state index in [9.17, 15) is 10.1 Å². The summed E-state index contributed by atoms with van der Waals surface area (Å²) in [6.07, 6.45) is 1.60. The molecule has 3 aromatic rings. The quantitative estimate of drug-likeness (QED) is 0.502. The Labute approximate surface area is 165 Å². The predicted octanol–water partition coefficient (Wildman–Crippen LogP) is 4.72. The normalized spacial score (nSPS) is 12.5. The average molecular weight is 389 g/mol. The van der Waals surface area contributed by atoms with E-state index < -0.39 is 0 Å². The van der Waals surface area contributed by atoms with E-state index >= 15 is 0 Å². The molecule has 1 aromatic heterocycles. The van der Waals surface area contributed by atoms with Crippen LogP contribution in [0.3, 0.4) is 0 Å². The van der Waals surface area contributed by atoms with Crippen LogP contribution in [0.1, 0.15) is 22.3 Å². The van der Waals surface area contributed by atoms with Gasteiger partial charge in [-0.05, 0) is 37.3 Å². The first-order valence-corrected chi connectivity index (χ1v) is 9.36. The lowest BCUT2D eigenvalue weighted by molar-refractivity contribution is 0.101. The zero-order valence-corrected chi connectivity index (χ0v) is 15.7. The molecule has 1 aliphatic heterocycles. The molecule has 0 amide bonds. The number of carbonyl (C=O) groups excluding carboxylic acids is 1. The van der Waals surface area contributed by atoms with E-state index in [1.54, 1.807) is 24.4 Å². The van der Waals surface area contributed by atoms with Crippen molar-refractivity contribution in [3.63, 3.8) is 0 Å². The van der Waals surface area contributed by atoms with E-state index in [0.717, 1.165) is 16.9 Å². The summed E-state index contributed by atoms with van der Waals surface area (Å²) in [7, 11) is 0. The first-order chi connectivity index (χ1) is 13.6. The van der Waals surface area contributed by atoms with Gasteiger partial charge in [-0.15, -0.1) is 11.3 Å². The second-order valence-electron chi connectivity index (χ2n) is 6.06. The zero-order valence-electron chi connectivity index (χ0n) is 14.9. The number of fused-ring (bicyclic) bond motifs is 1. The number of thiazole rings is 1. The Balaban J connectivity index is 1.56. The number of nitrogens with one attached hydrogen (secondary N) is 1. The number of aromatic nitrogens is 1. The third-order valence-electron chi connectivity index (χ3n) is 4.18. The number of carbonyl (C=O) groups is 1. The zero-order chi connectivity index (χ0) is 19.5. The molecule has 0 saturated heterocycles. The molecule has 0 radical (unpaired) electrons. The van der Waals surface area contributed by atoms with Gasteiger partial charge in [0.1, 0.15) is 16.6 Å². The van der Waals surface area contributed by atoms with E-state index in [2.05, 4.69) is 16.4 Å². The summed E-state index contributed by atoms with van der Waals surface area (Å²) in [5.41, 5.74) is 3.40. The Morgan fingerprint density at radius 1 is 1.25 bits per heavy atom. The second-order valence-corrected chi connectivity index (χ2v) is 6.92. The summed E-state index contributed by atoms with van der Waals surface area (Å²) < 4.78 is 10.7. The first kappa shape index (κ1) is 17.8. The number of anilines is 1. The molecule has 0 aliphatic carbocycles. The van der Waals surface area contributed by atoms with Crippen LogP contribution in [0.4, 0.5) is 5.69 Å². The minimum Gasteiger partial charge on any atom is -0.454 e. The summed E-state index contributed by atoms with van der Waals surface area (Å²) in [4.78, 5) is 16.1. The topological polar surface area (TPSA) is 84.2 Å². The third kappa shape index (κ3) is 3.59. The number of ether oxygens (including phenoxy) is 2. The largest absolute Gasteiger partial charge is 0.454 e. The van der Waals surface area contributed by atoms with E-state index in [4.69, 9.17) is 9.47 Å². The molecule has 0 unspecified atom stereocenters. The summed E-state index contributed by atoms with van der Waals surface area (Å²) in [6, 6.07) is 14.9. The van der Waals surface area contributed by atoms with Gasteiger partial charge < -0.3 is 14.8 Å². The van der Waals surface area contributed by atoms with Crippen LogP contribution in [-0.2, 0) is 0 Å². The van der Waals surface area contributed by atoms with Gasteiger partial charge >= 0.3 is 0 Å². The smallest absolute Gasteiger partial charge is 0.231 e. The number of Topliss-reactive ketones (excluding diaryl/α,β-unsaturated/α-hetero) is 1. The highest BCUT2D eigenvalue weighted by atomic mass is 32.1. The number of hydrogen-bond acceptors (Lipinski definition) is 7. The monoisotopic (exact) mass is 389 g/mol. The van der Waals surface area contributed by atoms with Gasteiger partial charge in [0.05, 0.1) is 5.69 Å². The molecule has 6 nitrogen and oxygen atoms in total. The minimum atomic E-state index is -0.0126. The lowest BCUT2D eigenvalue weighted by Gasteiger charge is -2.03. The lowest BCUT2D eigenvalue weighted by Crippen LogP contribution is -1.95. The van der Waals surface area contributed by atoms with Crippen molar-refractivity contribution >= 4 is 28.4 Å². The molecule has 7 heteroatoms. The highest BCUT2D eigenvalue weighted by Crippen LogP contribution is 2.36. The van der Waals surface area contributed by atoms with Crippen LogP contribution >= 0.6 is 11.3 Å². The molecule has 2 aromatic carbocycles. The summed E-state index contributed by atoms with van der Waals surface area (Å²) in [5.74, 6) is 1.39. The van der Waals surface area contributed by atoms with Gasteiger partial charge in [0.15, 0.2) is 17.3 Å². The van der Waals surface area contributed by atoms with Crippen molar-refractivity contribution in [2.75, 3.05) is 12.1 Å². The Morgan fingerprint density at radius 2 is 2.11 bits per heavy atom. The second kappa shape index (κ2) is 7.55. The molecule has 2 heterocycles. The molecule has 138 valence electrons. The van der Waals surface area contributed by atoms with Crippen molar-refractivity contribution < 1.29 is 14.3 Å². The molecule has 0 saturated carbocycles. The number of nitriles is 1. The van der Waals surface area contributed by atoms with Gasteiger partial charge in [0.25, 0.3) is 0 Å². The molecule has 0 spiro atoms. The Bertz CT molecular complexity index is 1130. The van der Waals surface area contributed by atoms with E-state index in [1.165, 1.54) is 18.3 Å². The van der Waals surface area contributed by atoms with Gasteiger partial charge in [0, 0.05) is 28.4 Å². The molecule has 4 rings (SSSR count). The molecule has 0 fully saturated rings. The fraction of sp³-hybridized carbons (Fsp3) is 0.0952. The van der Waals surface area contributed by atoms with Crippen molar-refractivity contribution in [1.29, 1.82) is 5.26 Å². The number of ketones is 1. The van der Waals surface area contributed by atoms with Gasteiger partial charge in [-0.2, -0.15) is 5.26 Å². The van der Waals surface area contributed by atoms with Gasteiger partial charge in [0.2, 0.25) is 6.79 Å². The molecular weight excluding hydrogens is 374 g/mol. The van der Waals surface area contributed by atoms with Gasteiger partial charge in [-0.1, -0.05) is 12.1 Å². The summed E-state index contributed by atoms with van der Waals surface area (Å²) in [6.45, 7) is 1.74. The standard InChI is InChI=1S/C21H15N3O3S/c1-13(25)14-3-2-4-17(7-14)23-10-16(9-22)21-24-18(11-28-21)15-5-6-19-20(8-15)27-12-26-19/h2-8,10-11,23H,12H2,1H3/b16-10+. The van der Waals surface area contributed by atoms with Crippen LogP contribution in [0.2, 0.25) is 0 Å². The van der Waals surface area contributed by atoms with Gasteiger partial charge in [-0.25, -0.2) is 4.98 Å². The third-order valence-corrected chi connectivity index (χ3v) is 5.05. The maximum Gasteiger partial charge on any atom is 0.231 e. The predicted molar refractivity (Wildman–Crippen MR) is 107 cm³/mol. The maximum absolute atomic E-state index is 11.5. The molecule has 0 bridgehead atoms. The van der Waals surface area contributed by atoms with Crippen molar-refractivity contribution in [3.05, 3.63) is 64.6 Å². The van der Waals surface area contributed by atoms with Crippen LogP contribution in [0.15, 0.2) is 54.0 Å². The van der Waals surface area contributed by atoms with Crippen LogP contribution in [-0.4, -0.2) is 17.6 Å². The summed E-state index contributed by atoms with van der Waals surface area (Å²) >= 11 is 1.39. The number of nitrogens with zero attached hydrogens (tertiary/aromatic N) is 2. The fourth-order valence-corrected chi connectivity index (χ4v) is 3.51. The fourth-order valence-electron chi connectivity index (χ4n) is 2.71. The van der Waals surface area contributed by atoms with Crippen LogP contribution < -0.4 is 14.8 Å². The maximum atomic E-state index is 11.5. The van der Waals surface area contributed by atoms with Crippen LogP contribution in [0.5, 0.6) is 11.5 Å². The minimum absolute atomic E-state index is 0.0126. The highest BCUT2D eigenvalue weighted by Gasteiger charge is 2.16. The van der Waals surface area contributed by atoms with Crippen LogP contribution in [0, 0.1) is 11.3 Å². The number of allylic oxidation sites excluding steroid dienone is 1. The SMILES string of the molecule is CC(=O)c1cccc(N/C=C(\C#N)c2nc(-c3ccc4c(c3)OCO4)cs2)c1. The van der Waals surface area contributed by atoms with Crippen molar-refractivity contribution in [3.8, 4) is 28.8 Å². The van der Waals surface area contributed by atoms with E-state index in [0.29, 0.717) is 27.6 Å². The van der Waals surface area contributed by atoms with Gasteiger partial charge in [-0.3, -0.25) is 4.79 Å².